The summed E-state index contributed by atoms with van der Waals surface area (Å²) < 4.78 is 5.52. The van der Waals surface area contributed by atoms with E-state index in [-0.39, 0.29) is 16.8 Å². The molecule has 0 atom stereocenters. The number of nitrogens with zero attached hydrogens (tertiary/aromatic N) is 3. The Bertz CT molecular complexity index is 743. The Morgan fingerprint density at radius 1 is 1.39 bits per heavy atom. The SMILES string of the molecule is C=C(Cl)/N=C\C=C(/C)c1ncc(OCc2ccccc2)c(O)n1. The van der Waals surface area contributed by atoms with Crippen LogP contribution in [0.15, 0.2) is 59.3 Å². The number of benzene rings is 1. The van der Waals surface area contributed by atoms with E-state index in [9.17, 15) is 5.11 Å². The van der Waals surface area contributed by atoms with E-state index in [1.54, 1.807) is 13.0 Å². The Kier molecular flexibility index (Phi) is 5.88. The van der Waals surface area contributed by atoms with Gasteiger partial charge in [-0.05, 0) is 24.1 Å². The van der Waals surface area contributed by atoms with Gasteiger partial charge in [0.15, 0.2) is 11.6 Å². The van der Waals surface area contributed by atoms with Gasteiger partial charge in [0.2, 0.25) is 0 Å². The fraction of sp³-hybridized carbons (Fsp3) is 0.118. The van der Waals surface area contributed by atoms with Crippen LogP contribution >= 0.6 is 11.6 Å². The van der Waals surface area contributed by atoms with Crippen LogP contribution in [0.4, 0.5) is 0 Å². The van der Waals surface area contributed by atoms with Gasteiger partial charge >= 0.3 is 0 Å². The van der Waals surface area contributed by atoms with Gasteiger partial charge in [0.25, 0.3) is 5.88 Å². The third kappa shape index (κ3) is 5.23. The van der Waals surface area contributed by atoms with E-state index in [0.717, 1.165) is 11.1 Å². The van der Waals surface area contributed by atoms with Gasteiger partial charge in [0.05, 0.1) is 6.20 Å². The Morgan fingerprint density at radius 2 is 2.13 bits per heavy atom. The summed E-state index contributed by atoms with van der Waals surface area (Å²) in [7, 11) is 0. The molecule has 1 aromatic heterocycles. The van der Waals surface area contributed by atoms with Gasteiger partial charge < -0.3 is 9.84 Å². The lowest BCUT2D eigenvalue weighted by atomic mass is 10.2. The topological polar surface area (TPSA) is 67.6 Å². The highest BCUT2D eigenvalue weighted by molar-refractivity contribution is 6.29. The predicted octanol–water partition coefficient (Wildman–Crippen LogP) is 3.95. The van der Waals surface area contributed by atoms with Crippen molar-refractivity contribution in [3.8, 4) is 11.6 Å². The Hall–Kier alpha value is -2.66. The van der Waals surface area contributed by atoms with Gasteiger partial charge in [-0.15, -0.1) is 0 Å². The van der Waals surface area contributed by atoms with E-state index in [0.29, 0.717) is 12.4 Å². The van der Waals surface area contributed by atoms with E-state index in [2.05, 4.69) is 21.5 Å². The normalized spacial score (nSPS) is 11.7. The molecule has 0 radical (unpaired) electrons. The first kappa shape index (κ1) is 16.7. The van der Waals surface area contributed by atoms with Crippen molar-refractivity contribution in [3.63, 3.8) is 0 Å². The molecule has 1 heterocycles. The smallest absolute Gasteiger partial charge is 0.258 e. The van der Waals surface area contributed by atoms with Crippen LogP contribution in [0.3, 0.4) is 0 Å². The maximum absolute atomic E-state index is 9.96. The number of aliphatic imine (C=N–C) groups is 1. The predicted molar refractivity (Wildman–Crippen MR) is 91.6 cm³/mol. The molecular weight excluding hydrogens is 314 g/mol. The first-order valence-corrected chi connectivity index (χ1v) is 7.22. The van der Waals surface area contributed by atoms with E-state index < -0.39 is 0 Å². The number of aromatic hydroxyl groups is 1. The summed E-state index contributed by atoms with van der Waals surface area (Å²) in [6.45, 7) is 5.57. The first-order chi connectivity index (χ1) is 11.1. The van der Waals surface area contributed by atoms with Crippen LogP contribution in [0.25, 0.3) is 5.57 Å². The molecule has 0 saturated heterocycles. The van der Waals surface area contributed by atoms with Gasteiger partial charge in [-0.3, -0.25) is 0 Å². The van der Waals surface area contributed by atoms with Crippen molar-refractivity contribution in [1.82, 2.24) is 9.97 Å². The van der Waals surface area contributed by atoms with Crippen molar-refractivity contribution < 1.29 is 9.84 Å². The highest BCUT2D eigenvalue weighted by atomic mass is 35.5. The minimum atomic E-state index is -0.211. The molecule has 0 unspecified atom stereocenters. The van der Waals surface area contributed by atoms with Crippen molar-refractivity contribution >= 4 is 23.4 Å². The minimum absolute atomic E-state index is 0.183. The summed E-state index contributed by atoms with van der Waals surface area (Å²) >= 11 is 5.53. The van der Waals surface area contributed by atoms with Crippen molar-refractivity contribution in [1.29, 1.82) is 0 Å². The van der Waals surface area contributed by atoms with Crippen LogP contribution in [0.2, 0.25) is 0 Å². The largest absolute Gasteiger partial charge is 0.491 e. The standard InChI is InChI=1S/C17H16ClN3O2/c1-12(8-9-19-13(2)18)16-20-10-15(17(22)21-16)23-11-14-6-4-3-5-7-14/h3-10H,2,11H2,1H3,(H,20,21,22)/b12-8+,19-9-. The molecule has 2 aromatic rings. The quantitative estimate of drug-likeness (QED) is 0.643. The van der Waals surface area contributed by atoms with Gasteiger partial charge in [0.1, 0.15) is 11.8 Å². The summed E-state index contributed by atoms with van der Waals surface area (Å²) in [6.07, 6.45) is 4.60. The molecule has 0 amide bonds. The van der Waals surface area contributed by atoms with Crippen LogP contribution in [0.5, 0.6) is 11.6 Å². The lowest BCUT2D eigenvalue weighted by Gasteiger charge is -2.08. The van der Waals surface area contributed by atoms with Crippen LogP contribution in [-0.2, 0) is 6.61 Å². The second-order valence-corrected chi connectivity index (χ2v) is 5.10. The first-order valence-electron chi connectivity index (χ1n) is 6.84. The van der Waals surface area contributed by atoms with Crippen molar-refractivity contribution in [2.45, 2.75) is 13.5 Å². The number of hydrogen-bond acceptors (Lipinski definition) is 5. The van der Waals surface area contributed by atoms with Gasteiger partial charge in [-0.2, -0.15) is 4.98 Å². The summed E-state index contributed by atoms with van der Waals surface area (Å²) in [6, 6.07) is 9.63. The Balaban J connectivity index is 2.07. The third-order valence-corrected chi connectivity index (χ3v) is 2.96. The third-order valence-electron chi connectivity index (χ3n) is 2.87. The molecule has 1 aromatic carbocycles. The molecule has 0 aliphatic heterocycles. The molecule has 1 N–H and O–H groups in total. The average molecular weight is 330 g/mol. The maximum Gasteiger partial charge on any atom is 0.258 e. The molecule has 6 heteroatoms. The number of aromatic nitrogens is 2. The van der Waals surface area contributed by atoms with Crippen LogP contribution in [-0.4, -0.2) is 21.3 Å². The summed E-state index contributed by atoms with van der Waals surface area (Å²) in [5, 5.41) is 10.1. The minimum Gasteiger partial charge on any atom is -0.491 e. The number of halogens is 1. The van der Waals surface area contributed by atoms with E-state index in [1.807, 2.05) is 30.3 Å². The van der Waals surface area contributed by atoms with E-state index in [4.69, 9.17) is 16.3 Å². The summed E-state index contributed by atoms with van der Waals surface area (Å²) in [4.78, 5) is 12.0. The molecule has 0 fully saturated rings. The molecular formula is C17H16ClN3O2. The van der Waals surface area contributed by atoms with Gasteiger partial charge in [0, 0.05) is 6.21 Å². The zero-order chi connectivity index (χ0) is 16.7. The number of rotatable bonds is 6. The molecule has 0 saturated carbocycles. The highest BCUT2D eigenvalue weighted by Gasteiger charge is 2.08. The molecule has 0 bridgehead atoms. The number of ether oxygens (including phenoxy) is 1. The number of hydrogen-bond donors (Lipinski definition) is 1. The van der Waals surface area contributed by atoms with E-state index in [1.165, 1.54) is 12.4 Å². The van der Waals surface area contributed by atoms with Gasteiger partial charge in [-0.1, -0.05) is 48.5 Å². The van der Waals surface area contributed by atoms with E-state index >= 15 is 0 Å². The zero-order valence-corrected chi connectivity index (χ0v) is 13.4. The summed E-state index contributed by atoms with van der Waals surface area (Å²) in [5.41, 5.74) is 1.71. The maximum atomic E-state index is 9.96. The molecule has 0 aliphatic rings. The Labute approximate surface area is 139 Å². The fourth-order valence-electron chi connectivity index (χ4n) is 1.69. The second kappa shape index (κ2) is 8.10. The molecule has 5 nitrogen and oxygen atoms in total. The zero-order valence-electron chi connectivity index (χ0n) is 12.6. The van der Waals surface area contributed by atoms with Crippen molar-refractivity contribution in [2.75, 3.05) is 0 Å². The molecule has 23 heavy (non-hydrogen) atoms. The summed E-state index contributed by atoms with van der Waals surface area (Å²) in [5.74, 6) is 0.395. The van der Waals surface area contributed by atoms with Crippen LogP contribution < -0.4 is 4.74 Å². The molecule has 0 aliphatic carbocycles. The van der Waals surface area contributed by atoms with Crippen LogP contribution in [0.1, 0.15) is 18.3 Å². The Morgan fingerprint density at radius 3 is 2.78 bits per heavy atom. The number of allylic oxidation sites excluding steroid dienone is 2. The van der Waals surface area contributed by atoms with Crippen LogP contribution in [0, 0.1) is 0 Å². The lowest BCUT2D eigenvalue weighted by molar-refractivity contribution is 0.282. The second-order valence-electron chi connectivity index (χ2n) is 4.66. The van der Waals surface area contributed by atoms with Gasteiger partial charge in [-0.25, -0.2) is 9.98 Å². The lowest BCUT2D eigenvalue weighted by Crippen LogP contribution is -1.99. The fourth-order valence-corrected chi connectivity index (χ4v) is 1.75. The van der Waals surface area contributed by atoms with Crippen molar-refractivity contribution in [2.24, 2.45) is 4.99 Å². The molecule has 118 valence electrons. The highest BCUT2D eigenvalue weighted by Crippen LogP contribution is 2.24. The monoisotopic (exact) mass is 329 g/mol. The van der Waals surface area contributed by atoms with Crippen molar-refractivity contribution in [3.05, 3.63) is 65.7 Å². The average Bonchev–Trinajstić information content (AvgIpc) is 2.54. The molecule has 0 spiro atoms. The molecule has 2 rings (SSSR count).